The lowest BCUT2D eigenvalue weighted by atomic mass is 10.0. The second-order valence-corrected chi connectivity index (χ2v) is 7.25. The lowest BCUT2D eigenvalue weighted by Gasteiger charge is -2.09. The zero-order valence-electron chi connectivity index (χ0n) is 17.3. The minimum Gasteiger partial charge on any atom is -0.494 e. The first kappa shape index (κ1) is 21.4. The standard InChI is InChI=1S/C26H24F2O2/c1-4-29-23-15-25(27)24(26(28)16-23)14-7-19-5-8-20(9-6-19)21-10-12-22(13-11-21)30-17-18(2)3/h5-6,8-13,15-16,18H,4,17H2,1-3H3. The van der Waals surface area contributed by atoms with E-state index in [1.165, 1.54) is 0 Å². The maximum atomic E-state index is 14.1. The maximum Gasteiger partial charge on any atom is 0.145 e. The lowest BCUT2D eigenvalue weighted by molar-refractivity contribution is 0.271. The fourth-order valence-electron chi connectivity index (χ4n) is 2.81. The molecule has 3 aromatic carbocycles. The van der Waals surface area contributed by atoms with Gasteiger partial charge in [-0.1, -0.05) is 50.0 Å². The Morgan fingerprint density at radius 3 is 1.87 bits per heavy atom. The minimum absolute atomic E-state index is 0.156. The maximum absolute atomic E-state index is 14.1. The predicted molar refractivity (Wildman–Crippen MR) is 116 cm³/mol. The zero-order valence-corrected chi connectivity index (χ0v) is 17.3. The van der Waals surface area contributed by atoms with Crippen molar-refractivity contribution in [3.63, 3.8) is 0 Å². The van der Waals surface area contributed by atoms with Crippen molar-refractivity contribution in [1.82, 2.24) is 0 Å². The van der Waals surface area contributed by atoms with Gasteiger partial charge in [0, 0.05) is 17.7 Å². The van der Waals surface area contributed by atoms with Gasteiger partial charge in [-0.3, -0.25) is 0 Å². The predicted octanol–water partition coefficient (Wildman–Crippen LogP) is 6.47. The van der Waals surface area contributed by atoms with E-state index in [0.29, 0.717) is 24.7 Å². The molecule has 2 nitrogen and oxygen atoms in total. The third kappa shape index (κ3) is 5.61. The second kappa shape index (κ2) is 9.93. The van der Waals surface area contributed by atoms with Gasteiger partial charge in [0.1, 0.15) is 23.1 Å². The Balaban J connectivity index is 1.73. The second-order valence-electron chi connectivity index (χ2n) is 7.25. The summed E-state index contributed by atoms with van der Waals surface area (Å²) in [6, 6.07) is 17.7. The lowest BCUT2D eigenvalue weighted by Crippen LogP contribution is -2.04. The Morgan fingerprint density at radius 2 is 1.33 bits per heavy atom. The first-order chi connectivity index (χ1) is 14.5. The Labute approximate surface area is 176 Å². The van der Waals surface area contributed by atoms with Crippen molar-refractivity contribution in [2.24, 2.45) is 5.92 Å². The zero-order chi connectivity index (χ0) is 21.5. The molecule has 0 amide bonds. The van der Waals surface area contributed by atoms with Gasteiger partial charge < -0.3 is 9.47 Å². The van der Waals surface area contributed by atoms with Crippen LogP contribution in [-0.4, -0.2) is 13.2 Å². The molecule has 0 aliphatic heterocycles. The van der Waals surface area contributed by atoms with Crippen LogP contribution in [0.5, 0.6) is 11.5 Å². The average molecular weight is 406 g/mol. The molecule has 0 atom stereocenters. The van der Waals surface area contributed by atoms with E-state index in [1.54, 1.807) is 6.92 Å². The summed E-state index contributed by atoms with van der Waals surface area (Å²) in [7, 11) is 0. The van der Waals surface area contributed by atoms with E-state index in [2.05, 4.69) is 25.7 Å². The Kier molecular flexibility index (Phi) is 7.08. The van der Waals surface area contributed by atoms with Gasteiger partial charge in [0.25, 0.3) is 0 Å². The molecule has 0 N–H and O–H groups in total. The van der Waals surface area contributed by atoms with E-state index < -0.39 is 11.6 Å². The molecule has 30 heavy (non-hydrogen) atoms. The molecule has 4 heteroatoms. The molecule has 0 aliphatic rings. The van der Waals surface area contributed by atoms with Gasteiger partial charge in [-0.15, -0.1) is 0 Å². The largest absolute Gasteiger partial charge is 0.494 e. The SMILES string of the molecule is CCOc1cc(F)c(C#Cc2ccc(-c3ccc(OCC(C)C)cc3)cc2)c(F)c1. The van der Waals surface area contributed by atoms with Gasteiger partial charge in [-0.05, 0) is 48.2 Å². The van der Waals surface area contributed by atoms with Crippen molar-refractivity contribution in [1.29, 1.82) is 0 Å². The molecule has 3 rings (SSSR count). The quantitative estimate of drug-likeness (QED) is 0.437. The van der Waals surface area contributed by atoms with Gasteiger partial charge in [-0.2, -0.15) is 0 Å². The van der Waals surface area contributed by atoms with Crippen molar-refractivity contribution < 1.29 is 18.3 Å². The van der Waals surface area contributed by atoms with Crippen LogP contribution in [0.15, 0.2) is 60.7 Å². The number of halogens is 2. The van der Waals surface area contributed by atoms with Crippen molar-refractivity contribution in [2.45, 2.75) is 20.8 Å². The Hall–Kier alpha value is -3.32. The van der Waals surface area contributed by atoms with Gasteiger partial charge in [0.15, 0.2) is 0 Å². The molecule has 0 aliphatic carbocycles. The summed E-state index contributed by atoms with van der Waals surface area (Å²) in [5.74, 6) is 5.41. The van der Waals surface area contributed by atoms with E-state index in [-0.39, 0.29) is 11.3 Å². The Bertz CT molecular complexity index is 1020. The van der Waals surface area contributed by atoms with Gasteiger partial charge in [0.05, 0.1) is 18.8 Å². The summed E-state index contributed by atoms with van der Waals surface area (Å²) >= 11 is 0. The molecule has 3 aromatic rings. The average Bonchev–Trinajstić information content (AvgIpc) is 2.73. The number of hydrogen-bond acceptors (Lipinski definition) is 2. The molecule has 0 radical (unpaired) electrons. The highest BCUT2D eigenvalue weighted by Crippen LogP contribution is 2.23. The third-order valence-electron chi connectivity index (χ3n) is 4.31. The van der Waals surface area contributed by atoms with Crippen LogP contribution in [0.25, 0.3) is 11.1 Å². The Morgan fingerprint density at radius 1 is 0.767 bits per heavy atom. The van der Waals surface area contributed by atoms with E-state index in [0.717, 1.165) is 29.0 Å². The summed E-state index contributed by atoms with van der Waals surface area (Å²) in [5.41, 5.74) is 2.48. The van der Waals surface area contributed by atoms with E-state index in [1.807, 2.05) is 48.5 Å². The molecule has 0 aromatic heterocycles. The van der Waals surface area contributed by atoms with Crippen molar-refractivity contribution in [3.05, 3.63) is 83.4 Å². The summed E-state index contributed by atoms with van der Waals surface area (Å²) in [6.45, 7) is 6.99. The molecule has 0 bridgehead atoms. The fourth-order valence-corrected chi connectivity index (χ4v) is 2.81. The first-order valence-electron chi connectivity index (χ1n) is 9.93. The molecule has 0 saturated heterocycles. The van der Waals surface area contributed by atoms with Crippen LogP contribution < -0.4 is 9.47 Å². The van der Waals surface area contributed by atoms with Crippen LogP contribution >= 0.6 is 0 Å². The number of benzene rings is 3. The molecule has 0 unspecified atom stereocenters. The summed E-state index contributed by atoms with van der Waals surface area (Å²) < 4.78 is 39.1. The van der Waals surface area contributed by atoms with Crippen LogP contribution in [-0.2, 0) is 0 Å². The van der Waals surface area contributed by atoms with E-state index in [4.69, 9.17) is 9.47 Å². The molecular weight excluding hydrogens is 382 g/mol. The van der Waals surface area contributed by atoms with Crippen molar-refractivity contribution in [2.75, 3.05) is 13.2 Å². The van der Waals surface area contributed by atoms with Gasteiger partial charge in [-0.25, -0.2) is 8.78 Å². The monoisotopic (exact) mass is 406 g/mol. The normalized spacial score (nSPS) is 10.5. The van der Waals surface area contributed by atoms with Crippen molar-refractivity contribution >= 4 is 0 Å². The van der Waals surface area contributed by atoms with E-state index in [9.17, 15) is 8.78 Å². The highest BCUT2D eigenvalue weighted by Gasteiger charge is 2.10. The number of rotatable bonds is 6. The summed E-state index contributed by atoms with van der Waals surface area (Å²) in [6.07, 6.45) is 0. The first-order valence-corrected chi connectivity index (χ1v) is 9.93. The molecule has 0 heterocycles. The number of hydrogen-bond donors (Lipinski definition) is 0. The van der Waals surface area contributed by atoms with Crippen LogP contribution in [0.1, 0.15) is 31.9 Å². The number of ether oxygens (including phenoxy) is 2. The molecule has 0 saturated carbocycles. The topological polar surface area (TPSA) is 18.5 Å². The minimum atomic E-state index is -0.734. The van der Waals surface area contributed by atoms with Crippen molar-refractivity contribution in [3.8, 4) is 34.5 Å². The smallest absolute Gasteiger partial charge is 0.145 e. The van der Waals surface area contributed by atoms with E-state index >= 15 is 0 Å². The fraction of sp³-hybridized carbons (Fsp3) is 0.231. The summed E-state index contributed by atoms with van der Waals surface area (Å²) in [4.78, 5) is 0. The summed E-state index contributed by atoms with van der Waals surface area (Å²) in [5, 5.41) is 0. The van der Waals surface area contributed by atoms with Gasteiger partial charge >= 0.3 is 0 Å². The molecule has 0 spiro atoms. The van der Waals surface area contributed by atoms with Crippen LogP contribution in [0.2, 0.25) is 0 Å². The highest BCUT2D eigenvalue weighted by molar-refractivity contribution is 5.65. The molecule has 0 fully saturated rings. The third-order valence-corrected chi connectivity index (χ3v) is 4.31. The van der Waals surface area contributed by atoms with Crippen LogP contribution in [0.4, 0.5) is 8.78 Å². The van der Waals surface area contributed by atoms with Gasteiger partial charge in [0.2, 0.25) is 0 Å². The molecular formula is C26H24F2O2. The van der Waals surface area contributed by atoms with Crippen LogP contribution in [0.3, 0.4) is 0 Å². The highest BCUT2D eigenvalue weighted by atomic mass is 19.1. The van der Waals surface area contributed by atoms with Crippen LogP contribution in [0, 0.1) is 29.4 Å². The molecule has 154 valence electrons.